The van der Waals surface area contributed by atoms with Gasteiger partial charge in [0.25, 0.3) is 0 Å². The highest BCUT2D eigenvalue weighted by Crippen LogP contribution is 2.30. The first-order valence-electron chi connectivity index (χ1n) is 9.57. The van der Waals surface area contributed by atoms with Gasteiger partial charge >= 0.3 is 0 Å². The number of likely N-dealkylation sites (N-methyl/N-ethyl adjacent to an activating group) is 1. The minimum atomic E-state index is -1.43. The summed E-state index contributed by atoms with van der Waals surface area (Å²) in [6.07, 6.45) is -0.552. The molecule has 2 aliphatic heterocycles. The zero-order chi connectivity index (χ0) is 20.8. The summed E-state index contributed by atoms with van der Waals surface area (Å²) < 4.78 is 5.73. The van der Waals surface area contributed by atoms with Crippen molar-refractivity contribution in [3.8, 4) is 0 Å². The zero-order valence-electron chi connectivity index (χ0n) is 16.5. The maximum absolute atomic E-state index is 12.9. The Morgan fingerprint density at radius 2 is 2.11 bits per heavy atom. The Bertz CT molecular complexity index is 576. The number of nitrogens with zero attached hydrogens (tertiary/aromatic N) is 4. The maximum atomic E-state index is 12.9. The van der Waals surface area contributed by atoms with E-state index in [0.29, 0.717) is 5.92 Å². The number of aliphatic hydroxyl groups is 3. The molecule has 0 saturated carbocycles. The summed E-state index contributed by atoms with van der Waals surface area (Å²) in [4.78, 5) is 17.6. The molecule has 0 aliphatic carbocycles. The number of azide groups is 1. The molecule has 0 aromatic heterocycles. The number of aliphatic hydroxyl groups excluding tert-OH is 3. The van der Waals surface area contributed by atoms with Crippen molar-refractivity contribution in [2.75, 3.05) is 26.4 Å². The lowest BCUT2D eigenvalue weighted by molar-refractivity contribution is -0.204. The van der Waals surface area contributed by atoms with Crippen LogP contribution in [-0.4, -0.2) is 94.5 Å². The van der Waals surface area contributed by atoms with Crippen molar-refractivity contribution in [1.82, 2.24) is 10.2 Å². The molecule has 2 fully saturated rings. The van der Waals surface area contributed by atoms with Gasteiger partial charge < -0.3 is 25.4 Å². The molecule has 2 unspecified atom stereocenters. The van der Waals surface area contributed by atoms with Crippen molar-refractivity contribution in [2.45, 2.75) is 68.1 Å². The number of carbonyl (C=O) groups excluding carboxylic acids is 1. The van der Waals surface area contributed by atoms with Crippen LogP contribution in [0.3, 0.4) is 0 Å². The number of thioether (sulfide) groups is 1. The van der Waals surface area contributed by atoms with Gasteiger partial charge in [0.2, 0.25) is 5.91 Å². The van der Waals surface area contributed by atoms with E-state index in [4.69, 9.17) is 10.3 Å². The number of carbonyl (C=O) groups is 1. The van der Waals surface area contributed by atoms with E-state index in [1.54, 1.807) is 6.26 Å². The molecular weight excluding hydrogens is 386 g/mol. The molecule has 28 heavy (non-hydrogen) atoms. The monoisotopic (exact) mass is 417 g/mol. The van der Waals surface area contributed by atoms with Gasteiger partial charge in [-0.05, 0) is 37.6 Å². The van der Waals surface area contributed by atoms with Gasteiger partial charge in [-0.15, -0.1) is 11.8 Å². The van der Waals surface area contributed by atoms with Crippen LogP contribution in [0, 0.1) is 5.92 Å². The van der Waals surface area contributed by atoms with Gasteiger partial charge in [0.05, 0.1) is 12.1 Å². The Balaban J connectivity index is 2.12. The van der Waals surface area contributed by atoms with Crippen LogP contribution in [0.5, 0.6) is 0 Å². The minimum Gasteiger partial charge on any atom is -0.388 e. The van der Waals surface area contributed by atoms with Gasteiger partial charge in [0, 0.05) is 18.0 Å². The Hall–Kier alpha value is -1.07. The van der Waals surface area contributed by atoms with Crippen molar-refractivity contribution in [1.29, 1.82) is 0 Å². The molecule has 4 N–H and O–H groups in total. The predicted octanol–water partition coefficient (Wildman–Crippen LogP) is 0.0725. The fourth-order valence-corrected chi connectivity index (χ4v) is 4.74. The molecule has 8 atom stereocenters. The Labute approximate surface area is 169 Å². The minimum absolute atomic E-state index is 0.136. The lowest BCUT2D eigenvalue weighted by atomic mass is 9.94. The summed E-state index contributed by atoms with van der Waals surface area (Å²) in [5.74, 6) is 0.229. The van der Waals surface area contributed by atoms with Gasteiger partial charge in [0.1, 0.15) is 29.9 Å². The molecule has 11 heteroatoms. The molecule has 0 radical (unpaired) electrons. The standard InChI is InChI=1S/C17H31N5O5S/c1-4-5-9-6-11(22(2)8-9)16(26)20-10(7-19-21-18)15-13(24)12(23)14(25)17(27-15)28-3/h9-15,17,23-25H,4-8H2,1-3H3,(H,20,26)/t9-,10-,11+,12?,13+,14-,15-,17?/m1/s1. The molecule has 1 amide bonds. The molecule has 0 aromatic carbocycles. The highest BCUT2D eigenvalue weighted by atomic mass is 32.2. The Kier molecular flexibility index (Phi) is 8.81. The molecule has 0 spiro atoms. The summed E-state index contributed by atoms with van der Waals surface area (Å²) in [5, 5.41) is 36.9. The summed E-state index contributed by atoms with van der Waals surface area (Å²) in [5.41, 5.74) is 7.93. The fourth-order valence-electron chi connectivity index (χ4n) is 4.07. The largest absolute Gasteiger partial charge is 0.388 e. The van der Waals surface area contributed by atoms with Gasteiger partial charge in [-0.2, -0.15) is 0 Å². The van der Waals surface area contributed by atoms with Crippen LogP contribution in [0.2, 0.25) is 0 Å². The van der Waals surface area contributed by atoms with Crippen molar-refractivity contribution in [3.05, 3.63) is 10.4 Å². The lowest BCUT2D eigenvalue weighted by Crippen LogP contribution is -2.64. The fraction of sp³-hybridized carbons (Fsp3) is 0.941. The molecule has 2 rings (SSSR count). The SMILES string of the molecule is CCC[C@@H]1C[C@@H](C(=O)N[C@H](CN=[N+]=[N-])[C@H]2OC(SC)[C@H](O)C(O)[C@@H]2O)N(C)C1. The van der Waals surface area contributed by atoms with E-state index in [1.807, 2.05) is 11.9 Å². The molecule has 10 nitrogen and oxygen atoms in total. The summed E-state index contributed by atoms with van der Waals surface area (Å²) in [7, 11) is 1.90. The second kappa shape index (κ2) is 10.6. The average Bonchev–Trinajstić information content (AvgIpc) is 3.04. The third kappa shape index (κ3) is 5.29. The van der Waals surface area contributed by atoms with Crippen molar-refractivity contribution >= 4 is 17.7 Å². The first-order chi connectivity index (χ1) is 13.3. The number of amides is 1. The van der Waals surface area contributed by atoms with Crippen molar-refractivity contribution < 1.29 is 24.9 Å². The number of hydrogen-bond acceptors (Lipinski definition) is 8. The van der Waals surface area contributed by atoms with Crippen LogP contribution in [0.25, 0.3) is 10.4 Å². The first kappa shape index (κ1) is 23.2. The molecule has 0 aromatic rings. The van der Waals surface area contributed by atoms with E-state index in [1.165, 1.54) is 11.8 Å². The smallest absolute Gasteiger partial charge is 0.237 e. The molecule has 2 aliphatic rings. The molecular formula is C17H31N5O5S. The van der Waals surface area contributed by atoms with E-state index in [2.05, 4.69) is 22.3 Å². The lowest BCUT2D eigenvalue weighted by Gasteiger charge is -2.43. The van der Waals surface area contributed by atoms with Crippen molar-refractivity contribution in [2.24, 2.45) is 11.0 Å². The van der Waals surface area contributed by atoms with E-state index in [-0.39, 0.29) is 18.5 Å². The third-order valence-corrected chi connectivity index (χ3v) is 6.39. The molecule has 2 heterocycles. The summed E-state index contributed by atoms with van der Waals surface area (Å²) >= 11 is 1.19. The number of nitrogens with one attached hydrogen (secondary N) is 1. The zero-order valence-corrected chi connectivity index (χ0v) is 17.3. The van der Waals surface area contributed by atoms with Crippen LogP contribution >= 0.6 is 11.8 Å². The molecule has 2 saturated heterocycles. The van der Waals surface area contributed by atoms with Gasteiger partial charge in [-0.1, -0.05) is 18.5 Å². The molecule has 0 bridgehead atoms. The van der Waals surface area contributed by atoms with Gasteiger partial charge in [-0.3, -0.25) is 9.69 Å². The van der Waals surface area contributed by atoms with Crippen LogP contribution in [-0.2, 0) is 9.53 Å². The maximum Gasteiger partial charge on any atom is 0.237 e. The van der Waals surface area contributed by atoms with Gasteiger partial charge in [-0.25, -0.2) is 0 Å². The third-order valence-electron chi connectivity index (χ3n) is 5.54. The number of hydrogen-bond donors (Lipinski definition) is 4. The predicted molar refractivity (Wildman–Crippen MR) is 106 cm³/mol. The van der Waals surface area contributed by atoms with Crippen LogP contribution in [0.15, 0.2) is 5.11 Å². The van der Waals surface area contributed by atoms with E-state index in [0.717, 1.165) is 25.8 Å². The highest BCUT2D eigenvalue weighted by Gasteiger charge is 2.47. The first-order valence-corrected chi connectivity index (χ1v) is 10.9. The van der Waals surface area contributed by atoms with Crippen LogP contribution in [0.4, 0.5) is 0 Å². The van der Waals surface area contributed by atoms with E-state index in [9.17, 15) is 20.1 Å². The normalized spacial score (nSPS) is 37.3. The average molecular weight is 418 g/mol. The quantitative estimate of drug-likeness (QED) is 0.248. The van der Waals surface area contributed by atoms with Crippen molar-refractivity contribution in [3.63, 3.8) is 0 Å². The second-order valence-corrected chi connectivity index (χ2v) is 8.49. The number of ether oxygens (including phenoxy) is 1. The highest BCUT2D eigenvalue weighted by molar-refractivity contribution is 7.99. The summed E-state index contributed by atoms with van der Waals surface area (Å²) in [6.45, 7) is 2.82. The van der Waals surface area contributed by atoms with Gasteiger partial charge in [0.15, 0.2) is 0 Å². The summed E-state index contributed by atoms with van der Waals surface area (Å²) in [6, 6.07) is -1.13. The van der Waals surface area contributed by atoms with E-state index < -0.39 is 35.9 Å². The molecule has 160 valence electrons. The number of likely N-dealkylation sites (tertiary alicyclic amines) is 1. The Morgan fingerprint density at radius 3 is 2.71 bits per heavy atom. The Morgan fingerprint density at radius 1 is 1.39 bits per heavy atom. The topological polar surface area (TPSA) is 151 Å². The van der Waals surface area contributed by atoms with Crippen LogP contribution < -0.4 is 5.32 Å². The number of rotatable bonds is 8. The van der Waals surface area contributed by atoms with E-state index >= 15 is 0 Å². The van der Waals surface area contributed by atoms with Crippen LogP contribution in [0.1, 0.15) is 26.2 Å². The second-order valence-electron chi connectivity index (χ2n) is 7.55.